The Labute approximate surface area is 171 Å². The largest absolute Gasteiger partial charge is 0.506 e. The second-order valence-corrected chi connectivity index (χ2v) is 6.16. The summed E-state index contributed by atoms with van der Waals surface area (Å²) >= 11 is 0. The summed E-state index contributed by atoms with van der Waals surface area (Å²) in [7, 11) is 0. The number of nitrogens with one attached hydrogen (secondary N) is 1. The number of benzene rings is 1. The van der Waals surface area contributed by atoms with E-state index < -0.39 is 22.9 Å². The number of hydrogen-bond acceptors (Lipinski definition) is 7. The van der Waals surface area contributed by atoms with Crippen molar-refractivity contribution in [3.63, 3.8) is 0 Å². The van der Waals surface area contributed by atoms with Gasteiger partial charge in [-0.15, -0.1) is 0 Å². The Morgan fingerprint density at radius 3 is 2.00 bits per heavy atom. The van der Waals surface area contributed by atoms with Crippen LogP contribution in [0.15, 0.2) is 82.3 Å². The van der Waals surface area contributed by atoms with Gasteiger partial charge >= 0.3 is 11.6 Å². The highest BCUT2D eigenvalue weighted by atomic mass is 16.4. The van der Waals surface area contributed by atoms with Crippen molar-refractivity contribution in [1.29, 1.82) is 0 Å². The molecule has 3 heterocycles. The first-order valence-electron chi connectivity index (χ1n) is 9.05. The zero-order valence-corrected chi connectivity index (χ0v) is 15.9. The van der Waals surface area contributed by atoms with Crippen molar-refractivity contribution in [2.24, 2.45) is 0 Å². The van der Waals surface area contributed by atoms with Crippen LogP contribution in [0.5, 0.6) is 5.75 Å². The number of fused-ring (bicyclic) bond motifs is 1. The van der Waals surface area contributed by atoms with E-state index in [0.717, 1.165) is 24.5 Å². The van der Waals surface area contributed by atoms with Crippen molar-refractivity contribution in [2.75, 3.05) is 0 Å². The van der Waals surface area contributed by atoms with E-state index in [1.165, 1.54) is 12.1 Å². The van der Waals surface area contributed by atoms with Crippen molar-refractivity contribution in [3.8, 4) is 5.75 Å². The van der Waals surface area contributed by atoms with E-state index in [0.29, 0.717) is 0 Å². The molecule has 0 aliphatic rings. The van der Waals surface area contributed by atoms with E-state index in [1.807, 2.05) is 36.4 Å². The number of nitrogens with zero attached hydrogens (tertiary/aromatic N) is 2. The highest BCUT2D eigenvalue weighted by molar-refractivity contribution is 5.97. The Morgan fingerprint density at radius 2 is 1.47 bits per heavy atom. The minimum Gasteiger partial charge on any atom is -0.506 e. The molecule has 4 rings (SSSR count). The highest BCUT2D eigenvalue weighted by Gasteiger charge is 2.19. The molecule has 0 atom stereocenters. The number of hydrogen-bond donors (Lipinski definition) is 3. The van der Waals surface area contributed by atoms with Crippen LogP contribution in [0.3, 0.4) is 0 Å². The number of aromatic carboxylic acids is 1. The summed E-state index contributed by atoms with van der Waals surface area (Å²) in [6, 6.07) is 18.0. The Balaban J connectivity index is 0.000000171. The van der Waals surface area contributed by atoms with E-state index >= 15 is 0 Å². The molecule has 30 heavy (non-hydrogen) atoms. The molecule has 0 bridgehead atoms. The van der Waals surface area contributed by atoms with Gasteiger partial charge in [-0.05, 0) is 36.4 Å². The lowest BCUT2D eigenvalue weighted by atomic mass is 10.1. The predicted octanol–water partition coefficient (Wildman–Crippen LogP) is 2.96. The summed E-state index contributed by atoms with van der Waals surface area (Å²) in [4.78, 5) is 30.3. The molecule has 0 amide bonds. The van der Waals surface area contributed by atoms with Crippen LogP contribution in [0.4, 0.5) is 0 Å². The number of rotatable bonds is 5. The summed E-state index contributed by atoms with van der Waals surface area (Å²) in [5.41, 5.74) is 0.458. The van der Waals surface area contributed by atoms with E-state index in [9.17, 15) is 14.7 Å². The van der Waals surface area contributed by atoms with E-state index in [-0.39, 0.29) is 11.0 Å². The van der Waals surface area contributed by atoms with Gasteiger partial charge in [0.2, 0.25) is 0 Å². The molecule has 0 saturated heterocycles. The van der Waals surface area contributed by atoms with Gasteiger partial charge in [-0.25, -0.2) is 9.59 Å². The summed E-state index contributed by atoms with van der Waals surface area (Å²) < 4.78 is 4.74. The lowest BCUT2D eigenvalue weighted by molar-refractivity contribution is 0.0689. The molecule has 152 valence electrons. The van der Waals surface area contributed by atoms with Crippen LogP contribution in [0, 0.1) is 0 Å². The molecule has 8 heteroatoms. The molecule has 4 aromatic rings. The average molecular weight is 405 g/mol. The van der Waals surface area contributed by atoms with Crippen LogP contribution in [0.1, 0.15) is 21.7 Å². The van der Waals surface area contributed by atoms with Gasteiger partial charge in [-0.3, -0.25) is 9.97 Å². The molecule has 0 fully saturated rings. The van der Waals surface area contributed by atoms with Crippen LogP contribution in [0.2, 0.25) is 0 Å². The number of carbonyl (C=O) groups is 1. The first kappa shape index (κ1) is 20.7. The first-order valence-corrected chi connectivity index (χ1v) is 9.05. The van der Waals surface area contributed by atoms with Gasteiger partial charge in [0.15, 0.2) is 5.56 Å². The lowest BCUT2D eigenvalue weighted by Crippen LogP contribution is -2.14. The Kier molecular flexibility index (Phi) is 6.86. The Bertz CT molecular complexity index is 1140. The molecule has 0 aliphatic carbocycles. The lowest BCUT2D eigenvalue weighted by Gasteiger charge is -2.03. The maximum Gasteiger partial charge on any atom is 0.354 e. The third kappa shape index (κ3) is 5.27. The molecule has 3 N–H and O–H groups in total. The zero-order valence-electron chi connectivity index (χ0n) is 15.9. The van der Waals surface area contributed by atoms with Gasteiger partial charge in [0.05, 0.1) is 16.8 Å². The summed E-state index contributed by atoms with van der Waals surface area (Å²) in [6.07, 6.45) is 3.61. The van der Waals surface area contributed by atoms with Crippen LogP contribution >= 0.6 is 0 Å². The number of pyridine rings is 2. The fraction of sp³-hybridized carbons (Fsp3) is 0.0909. The third-order valence-electron chi connectivity index (χ3n) is 4.06. The number of carboxylic acids is 1. The van der Waals surface area contributed by atoms with Gasteiger partial charge in [0, 0.05) is 25.5 Å². The van der Waals surface area contributed by atoms with Crippen LogP contribution < -0.4 is 10.9 Å². The Morgan fingerprint density at radius 1 is 0.900 bits per heavy atom. The topological polar surface area (TPSA) is 126 Å². The normalized spacial score (nSPS) is 10.3. The van der Waals surface area contributed by atoms with Crippen LogP contribution in [-0.2, 0) is 13.1 Å². The molecule has 0 aliphatic heterocycles. The van der Waals surface area contributed by atoms with Gasteiger partial charge in [0.1, 0.15) is 11.3 Å². The second kappa shape index (κ2) is 9.94. The smallest absolute Gasteiger partial charge is 0.354 e. The molecule has 0 spiro atoms. The molecule has 0 saturated carbocycles. The van der Waals surface area contributed by atoms with Crippen molar-refractivity contribution < 1.29 is 19.4 Å². The SMILES string of the molecule is O=C(O)c1c(O)c2ccccc2oc1=O.c1ccc(CNCc2ccccn2)nc1. The zero-order chi connectivity index (χ0) is 21.3. The average Bonchev–Trinajstić information content (AvgIpc) is 2.75. The fourth-order valence-corrected chi connectivity index (χ4v) is 2.65. The minimum atomic E-state index is -1.51. The molecule has 3 aromatic heterocycles. The predicted molar refractivity (Wildman–Crippen MR) is 110 cm³/mol. The minimum absolute atomic E-state index is 0.157. The number of aromatic hydroxyl groups is 1. The molecule has 0 radical (unpaired) electrons. The van der Waals surface area contributed by atoms with E-state index in [4.69, 9.17) is 9.52 Å². The quantitative estimate of drug-likeness (QED) is 0.433. The summed E-state index contributed by atoms with van der Waals surface area (Å²) in [5.74, 6) is -2.07. The van der Waals surface area contributed by atoms with Crippen molar-refractivity contribution in [1.82, 2.24) is 15.3 Å². The summed E-state index contributed by atoms with van der Waals surface area (Å²) in [6.45, 7) is 1.55. The third-order valence-corrected chi connectivity index (χ3v) is 4.06. The first-order chi connectivity index (χ1) is 14.6. The van der Waals surface area contributed by atoms with Gasteiger partial charge in [0.25, 0.3) is 0 Å². The van der Waals surface area contributed by atoms with Crippen LogP contribution in [-0.4, -0.2) is 26.2 Å². The monoisotopic (exact) mass is 405 g/mol. The van der Waals surface area contributed by atoms with Gasteiger partial charge in [-0.1, -0.05) is 24.3 Å². The number of para-hydroxylation sites is 1. The maximum absolute atomic E-state index is 11.2. The van der Waals surface area contributed by atoms with Crippen molar-refractivity contribution >= 4 is 16.9 Å². The second-order valence-electron chi connectivity index (χ2n) is 6.16. The highest BCUT2D eigenvalue weighted by Crippen LogP contribution is 2.25. The molecular formula is C22H19N3O5. The fourth-order valence-electron chi connectivity index (χ4n) is 2.65. The molecule has 0 unspecified atom stereocenters. The van der Waals surface area contributed by atoms with Crippen LogP contribution in [0.25, 0.3) is 11.0 Å². The number of aromatic nitrogens is 2. The van der Waals surface area contributed by atoms with Crippen molar-refractivity contribution in [2.45, 2.75) is 13.1 Å². The van der Waals surface area contributed by atoms with Crippen molar-refractivity contribution in [3.05, 3.63) is 100 Å². The van der Waals surface area contributed by atoms with E-state index in [1.54, 1.807) is 24.5 Å². The van der Waals surface area contributed by atoms with E-state index in [2.05, 4.69) is 15.3 Å². The molecule has 8 nitrogen and oxygen atoms in total. The summed E-state index contributed by atoms with van der Waals surface area (Å²) in [5, 5.41) is 21.7. The maximum atomic E-state index is 11.2. The van der Waals surface area contributed by atoms with Gasteiger partial charge in [-0.2, -0.15) is 0 Å². The molecular weight excluding hydrogens is 386 g/mol. The number of carboxylic acid groups (broad SMARTS) is 1. The van der Waals surface area contributed by atoms with Gasteiger partial charge < -0.3 is 19.9 Å². The standard InChI is InChI=1S/C12H13N3.C10H6O5/c1-3-7-14-11(5-1)9-13-10-12-6-2-4-8-15-12;11-8-5-3-1-2-4-6(5)15-10(14)7(8)9(12)13/h1-8,13H,9-10H2;1-4,11H,(H,12,13). The Hall–Kier alpha value is -4.04. The molecule has 1 aromatic carbocycles.